The molecule has 0 aliphatic carbocycles. The minimum absolute atomic E-state index is 0.126. The first-order chi connectivity index (χ1) is 3.75. The Morgan fingerprint density at radius 1 is 1.88 bits per heavy atom. The summed E-state index contributed by atoms with van der Waals surface area (Å²) in [6.07, 6.45) is 1.48. The maximum absolute atomic E-state index is 8.86. The number of aliphatic hydroxyl groups is 1. The summed E-state index contributed by atoms with van der Waals surface area (Å²) in [6, 6.07) is 0. The molecule has 0 spiro atoms. The minimum Gasteiger partial charge on any atom is -0.380 e. The average Bonchev–Trinajstić information content (AvgIpc) is 2.42. The van der Waals surface area contributed by atoms with E-state index in [1.165, 1.54) is 0 Å². The summed E-state index contributed by atoms with van der Waals surface area (Å²) in [5, 5.41) is 8.86. The van der Waals surface area contributed by atoms with Crippen LogP contribution in [-0.4, -0.2) is 21.4 Å². The van der Waals surface area contributed by atoms with Gasteiger partial charge in [-0.2, -0.15) is 0 Å². The molecule has 3 atom stereocenters. The van der Waals surface area contributed by atoms with Gasteiger partial charge in [-0.1, -0.05) is 6.92 Å². The molecule has 1 saturated heterocycles. The van der Waals surface area contributed by atoms with Crippen LogP contribution in [-0.2, 0) is 4.74 Å². The highest BCUT2D eigenvalue weighted by molar-refractivity contribution is 14.1. The molecule has 0 saturated carbocycles. The van der Waals surface area contributed by atoms with Gasteiger partial charge in [-0.25, -0.2) is 0 Å². The number of rotatable bonds is 2. The molecular formula is C5H9IO2. The Kier molecular flexibility index (Phi) is 2.11. The zero-order chi connectivity index (χ0) is 6.15. The highest BCUT2D eigenvalue weighted by Gasteiger charge is 2.41. The van der Waals surface area contributed by atoms with E-state index in [4.69, 9.17) is 9.84 Å². The lowest BCUT2D eigenvalue weighted by Crippen LogP contribution is -2.06. The largest absolute Gasteiger partial charge is 0.380 e. The summed E-state index contributed by atoms with van der Waals surface area (Å²) in [5.41, 5.74) is 0. The van der Waals surface area contributed by atoms with Crippen LogP contribution in [0.4, 0.5) is 0 Å². The van der Waals surface area contributed by atoms with Crippen molar-refractivity contribution < 1.29 is 9.84 Å². The van der Waals surface area contributed by atoms with E-state index < -0.39 is 0 Å². The number of epoxide rings is 1. The van der Waals surface area contributed by atoms with Crippen molar-refractivity contribution in [3.8, 4) is 0 Å². The molecule has 0 bridgehead atoms. The molecule has 2 nitrogen and oxygen atoms in total. The van der Waals surface area contributed by atoms with Gasteiger partial charge in [0.15, 0.2) is 0 Å². The van der Waals surface area contributed by atoms with Gasteiger partial charge in [-0.3, -0.25) is 0 Å². The van der Waals surface area contributed by atoms with Crippen LogP contribution in [0.2, 0.25) is 0 Å². The van der Waals surface area contributed by atoms with Crippen LogP contribution >= 0.6 is 22.6 Å². The topological polar surface area (TPSA) is 32.8 Å². The average molecular weight is 228 g/mol. The van der Waals surface area contributed by atoms with Crippen molar-refractivity contribution in [1.29, 1.82) is 0 Å². The van der Waals surface area contributed by atoms with Crippen molar-refractivity contribution in [3.05, 3.63) is 0 Å². The van der Waals surface area contributed by atoms with E-state index in [9.17, 15) is 0 Å². The number of hydrogen-bond acceptors (Lipinski definition) is 2. The van der Waals surface area contributed by atoms with E-state index in [1.807, 2.05) is 22.6 Å². The Bertz CT molecular complexity index is 84.5. The fourth-order valence-electron chi connectivity index (χ4n) is 0.727. The molecular weight excluding hydrogens is 219 g/mol. The molecule has 0 aromatic heterocycles. The highest BCUT2D eigenvalue weighted by atomic mass is 127. The van der Waals surface area contributed by atoms with Crippen molar-refractivity contribution >= 4 is 22.6 Å². The standard InChI is InChI=1S/C5H9IO2/c1-2-3-4(8-3)5(6)7/h3-5,7H,2H2,1H3. The Labute approximate surface area is 62.4 Å². The van der Waals surface area contributed by atoms with Crippen molar-refractivity contribution in [2.45, 2.75) is 29.7 Å². The van der Waals surface area contributed by atoms with E-state index in [1.54, 1.807) is 0 Å². The summed E-state index contributed by atoms with van der Waals surface area (Å²) in [7, 11) is 0. The summed E-state index contributed by atoms with van der Waals surface area (Å²) in [4.78, 5) is 0. The summed E-state index contributed by atoms with van der Waals surface area (Å²) >= 11 is 1.96. The molecule has 1 aliphatic heterocycles. The van der Waals surface area contributed by atoms with Crippen LogP contribution in [0, 0.1) is 0 Å². The van der Waals surface area contributed by atoms with Crippen LogP contribution in [0.5, 0.6) is 0 Å². The van der Waals surface area contributed by atoms with E-state index >= 15 is 0 Å². The zero-order valence-electron chi connectivity index (χ0n) is 4.67. The van der Waals surface area contributed by atoms with Crippen molar-refractivity contribution in [3.63, 3.8) is 0 Å². The molecule has 0 radical (unpaired) electrons. The number of alkyl halides is 1. The van der Waals surface area contributed by atoms with Gasteiger partial charge >= 0.3 is 0 Å². The predicted octanol–water partition coefficient (Wildman–Crippen LogP) is 0.917. The maximum atomic E-state index is 8.86. The lowest BCUT2D eigenvalue weighted by molar-refractivity contribution is 0.225. The van der Waals surface area contributed by atoms with Gasteiger partial charge < -0.3 is 9.84 Å². The molecule has 1 rings (SSSR count). The second-order valence-electron chi connectivity index (χ2n) is 1.92. The molecule has 48 valence electrons. The van der Waals surface area contributed by atoms with E-state index in [0.717, 1.165) is 6.42 Å². The Balaban J connectivity index is 2.16. The molecule has 1 N–H and O–H groups in total. The van der Waals surface area contributed by atoms with Crippen molar-refractivity contribution in [1.82, 2.24) is 0 Å². The summed E-state index contributed by atoms with van der Waals surface area (Å²) in [6.45, 7) is 2.06. The normalized spacial score (nSPS) is 39.4. The van der Waals surface area contributed by atoms with Gasteiger partial charge in [0.25, 0.3) is 0 Å². The van der Waals surface area contributed by atoms with Crippen LogP contribution < -0.4 is 0 Å². The summed E-state index contributed by atoms with van der Waals surface area (Å²) in [5.74, 6) is 0. The van der Waals surface area contributed by atoms with Gasteiger partial charge in [0.2, 0.25) is 0 Å². The van der Waals surface area contributed by atoms with Gasteiger partial charge in [0.1, 0.15) is 10.2 Å². The lowest BCUT2D eigenvalue weighted by Gasteiger charge is -1.91. The number of hydrogen-bond donors (Lipinski definition) is 1. The van der Waals surface area contributed by atoms with E-state index in [2.05, 4.69) is 6.92 Å². The Morgan fingerprint density at radius 3 is 2.62 bits per heavy atom. The van der Waals surface area contributed by atoms with Gasteiger partial charge in [0, 0.05) is 0 Å². The Morgan fingerprint density at radius 2 is 2.50 bits per heavy atom. The smallest absolute Gasteiger partial charge is 0.133 e. The van der Waals surface area contributed by atoms with Crippen molar-refractivity contribution in [2.75, 3.05) is 0 Å². The fraction of sp³-hybridized carbons (Fsp3) is 1.00. The third-order valence-corrected chi connectivity index (χ3v) is 2.00. The molecule has 0 aromatic carbocycles. The minimum atomic E-state index is -0.308. The molecule has 3 unspecified atom stereocenters. The quantitative estimate of drug-likeness (QED) is 0.433. The highest BCUT2D eigenvalue weighted by Crippen LogP contribution is 2.30. The van der Waals surface area contributed by atoms with Gasteiger partial charge in [0.05, 0.1) is 6.10 Å². The van der Waals surface area contributed by atoms with Crippen molar-refractivity contribution in [2.24, 2.45) is 0 Å². The number of ether oxygens (including phenoxy) is 1. The van der Waals surface area contributed by atoms with E-state index in [-0.39, 0.29) is 10.2 Å². The van der Waals surface area contributed by atoms with E-state index in [0.29, 0.717) is 6.10 Å². The molecule has 0 aromatic rings. The monoisotopic (exact) mass is 228 g/mol. The molecule has 3 heteroatoms. The third kappa shape index (κ3) is 1.33. The number of aliphatic hydroxyl groups excluding tert-OH is 1. The third-order valence-electron chi connectivity index (χ3n) is 1.30. The first kappa shape index (κ1) is 6.77. The van der Waals surface area contributed by atoms with Crippen LogP contribution in [0.15, 0.2) is 0 Å². The second-order valence-corrected chi connectivity index (χ2v) is 3.20. The molecule has 1 heterocycles. The lowest BCUT2D eigenvalue weighted by atomic mass is 10.3. The predicted molar refractivity (Wildman–Crippen MR) is 39.0 cm³/mol. The summed E-state index contributed by atoms with van der Waals surface area (Å²) < 4.78 is 4.76. The first-order valence-electron chi connectivity index (χ1n) is 2.73. The SMILES string of the molecule is CCC1OC1C(O)I. The maximum Gasteiger partial charge on any atom is 0.133 e. The molecule has 1 fully saturated rings. The van der Waals surface area contributed by atoms with Crippen LogP contribution in [0.25, 0.3) is 0 Å². The molecule has 8 heavy (non-hydrogen) atoms. The zero-order valence-corrected chi connectivity index (χ0v) is 6.83. The number of halogens is 1. The van der Waals surface area contributed by atoms with Gasteiger partial charge in [-0.05, 0) is 29.0 Å². The van der Waals surface area contributed by atoms with Gasteiger partial charge in [-0.15, -0.1) is 0 Å². The molecule has 0 amide bonds. The fourth-order valence-corrected chi connectivity index (χ4v) is 1.36. The second kappa shape index (κ2) is 2.49. The van der Waals surface area contributed by atoms with Crippen LogP contribution in [0.1, 0.15) is 13.3 Å². The molecule has 1 aliphatic rings. The first-order valence-corrected chi connectivity index (χ1v) is 3.98. The Hall–Kier alpha value is 0.650. The van der Waals surface area contributed by atoms with Crippen LogP contribution in [0.3, 0.4) is 0 Å².